The molecule has 1 fully saturated rings. The van der Waals surface area contributed by atoms with Crippen LogP contribution in [-0.2, 0) is 24.9 Å². The van der Waals surface area contributed by atoms with E-state index in [9.17, 15) is 19.1 Å². The third kappa shape index (κ3) is 3.92. The average molecular weight is 448 g/mol. The highest BCUT2D eigenvalue weighted by molar-refractivity contribution is 5.95. The Morgan fingerprint density at radius 3 is 2.36 bits per heavy atom. The Kier molecular flexibility index (Phi) is 5.48. The van der Waals surface area contributed by atoms with Crippen LogP contribution in [0.15, 0.2) is 59.4 Å². The van der Waals surface area contributed by atoms with E-state index < -0.39 is 17.2 Å². The third-order valence-corrected chi connectivity index (χ3v) is 7.05. The fraction of sp³-hybridized carbons (Fsp3) is 0.346. The topological polar surface area (TPSA) is 75.4 Å². The Balaban J connectivity index is 1.50. The van der Waals surface area contributed by atoms with Crippen molar-refractivity contribution < 1.29 is 14.3 Å². The van der Waals surface area contributed by atoms with Crippen LogP contribution in [0.4, 0.5) is 4.39 Å². The molecule has 2 aromatic carbocycles. The lowest BCUT2D eigenvalue weighted by atomic mass is 9.76. The first-order valence-corrected chi connectivity index (χ1v) is 11.4. The van der Waals surface area contributed by atoms with Crippen LogP contribution in [0.2, 0.25) is 0 Å². The van der Waals surface area contributed by atoms with E-state index in [0.717, 1.165) is 31.2 Å². The summed E-state index contributed by atoms with van der Waals surface area (Å²) < 4.78 is 15.0. The summed E-state index contributed by atoms with van der Waals surface area (Å²) in [7, 11) is 0. The molecular formula is C26H26FN3O3. The number of benzene rings is 2. The van der Waals surface area contributed by atoms with Crippen molar-refractivity contribution in [3.05, 3.63) is 93.4 Å². The van der Waals surface area contributed by atoms with Gasteiger partial charge < -0.3 is 14.6 Å². The van der Waals surface area contributed by atoms with Crippen molar-refractivity contribution in [3.63, 3.8) is 0 Å². The maximum absolute atomic E-state index is 13.3. The Labute approximate surface area is 191 Å². The summed E-state index contributed by atoms with van der Waals surface area (Å²) in [6.45, 7) is 1.13. The van der Waals surface area contributed by atoms with Gasteiger partial charge in [0, 0.05) is 31.5 Å². The van der Waals surface area contributed by atoms with Crippen LogP contribution in [0.3, 0.4) is 0 Å². The van der Waals surface area contributed by atoms with Crippen molar-refractivity contribution in [2.24, 2.45) is 0 Å². The highest BCUT2D eigenvalue weighted by Crippen LogP contribution is 2.43. The van der Waals surface area contributed by atoms with E-state index in [0.29, 0.717) is 25.3 Å². The minimum atomic E-state index is -0.769. The Morgan fingerprint density at radius 1 is 0.970 bits per heavy atom. The number of carbonyl (C=O) groups excluding carboxylic acids is 1. The minimum Gasteiger partial charge on any atom is -0.501 e. The standard InChI is InChI=1S/C26H26FN3O3/c27-20-10-8-18(9-11-20)17-29-14-15-30-21(28-24(32)23(31)22(30)25(29)33)16-26(12-4-5-13-26)19-6-2-1-3-7-19/h1-3,6-11,31H,4-5,12-17H2. The predicted molar refractivity (Wildman–Crippen MR) is 122 cm³/mol. The van der Waals surface area contributed by atoms with E-state index in [1.165, 1.54) is 17.7 Å². The molecule has 2 aliphatic rings. The minimum absolute atomic E-state index is 0.000398. The first-order valence-electron chi connectivity index (χ1n) is 11.4. The van der Waals surface area contributed by atoms with Crippen LogP contribution >= 0.6 is 0 Å². The molecule has 0 bridgehead atoms. The van der Waals surface area contributed by atoms with E-state index in [1.54, 1.807) is 21.6 Å². The monoisotopic (exact) mass is 447 g/mol. The second-order valence-corrected chi connectivity index (χ2v) is 9.07. The molecule has 2 heterocycles. The molecule has 7 heteroatoms. The molecule has 1 aliphatic carbocycles. The lowest BCUT2D eigenvalue weighted by Gasteiger charge is -2.34. The van der Waals surface area contributed by atoms with Crippen LogP contribution < -0.4 is 5.56 Å². The van der Waals surface area contributed by atoms with Crippen LogP contribution in [0, 0.1) is 5.82 Å². The molecule has 170 valence electrons. The molecule has 1 aliphatic heterocycles. The van der Waals surface area contributed by atoms with Crippen molar-refractivity contribution in [2.45, 2.75) is 50.6 Å². The van der Waals surface area contributed by atoms with E-state index in [4.69, 9.17) is 0 Å². The molecule has 0 spiro atoms. The number of halogens is 1. The summed E-state index contributed by atoms with van der Waals surface area (Å²) in [6.07, 6.45) is 4.75. The van der Waals surface area contributed by atoms with Gasteiger partial charge >= 0.3 is 5.56 Å². The zero-order valence-electron chi connectivity index (χ0n) is 18.3. The fourth-order valence-corrected chi connectivity index (χ4v) is 5.33. The number of aromatic hydroxyl groups is 1. The number of hydrogen-bond acceptors (Lipinski definition) is 4. The highest BCUT2D eigenvalue weighted by atomic mass is 19.1. The second-order valence-electron chi connectivity index (χ2n) is 9.07. The molecule has 0 unspecified atom stereocenters. The Bertz CT molecular complexity index is 1230. The first-order chi connectivity index (χ1) is 16.0. The van der Waals surface area contributed by atoms with E-state index in [2.05, 4.69) is 17.1 Å². The molecule has 1 amide bonds. The molecule has 3 aromatic rings. The van der Waals surface area contributed by atoms with Crippen molar-refractivity contribution >= 4 is 5.91 Å². The zero-order chi connectivity index (χ0) is 23.0. The normalized spacial score (nSPS) is 17.2. The summed E-state index contributed by atoms with van der Waals surface area (Å²) in [5.74, 6) is -0.807. The molecule has 1 saturated carbocycles. The summed E-state index contributed by atoms with van der Waals surface area (Å²) >= 11 is 0. The van der Waals surface area contributed by atoms with Gasteiger partial charge in [0.05, 0.1) is 0 Å². The molecular weight excluding hydrogens is 421 g/mol. The molecule has 1 aromatic heterocycles. The number of carbonyl (C=O) groups is 1. The van der Waals surface area contributed by atoms with Gasteiger partial charge in [-0.15, -0.1) is 0 Å². The number of amides is 1. The lowest BCUT2D eigenvalue weighted by Crippen LogP contribution is -2.43. The van der Waals surface area contributed by atoms with Crippen molar-refractivity contribution in [3.8, 4) is 5.75 Å². The zero-order valence-corrected chi connectivity index (χ0v) is 18.3. The van der Waals surface area contributed by atoms with Gasteiger partial charge in [-0.2, -0.15) is 4.98 Å². The maximum Gasteiger partial charge on any atom is 0.315 e. The summed E-state index contributed by atoms with van der Waals surface area (Å²) in [6, 6.07) is 16.3. The summed E-state index contributed by atoms with van der Waals surface area (Å²) in [4.78, 5) is 31.7. The number of aromatic nitrogens is 2. The molecule has 0 saturated heterocycles. The van der Waals surface area contributed by atoms with Gasteiger partial charge in [-0.1, -0.05) is 55.3 Å². The predicted octanol–water partition coefficient (Wildman–Crippen LogP) is 3.80. The van der Waals surface area contributed by atoms with E-state index in [1.807, 2.05) is 18.2 Å². The van der Waals surface area contributed by atoms with E-state index >= 15 is 0 Å². The summed E-state index contributed by atoms with van der Waals surface area (Å²) in [5.41, 5.74) is 1.10. The van der Waals surface area contributed by atoms with Gasteiger partial charge in [0.25, 0.3) is 5.91 Å². The lowest BCUT2D eigenvalue weighted by molar-refractivity contribution is 0.0678. The highest BCUT2D eigenvalue weighted by Gasteiger charge is 2.39. The average Bonchev–Trinajstić information content (AvgIpc) is 3.30. The number of hydrogen-bond donors (Lipinski definition) is 1. The molecule has 33 heavy (non-hydrogen) atoms. The SMILES string of the molecule is O=C1c2c(O)c(=O)nc(CC3(c4ccccc4)CCCC3)n2CCN1Cc1ccc(F)cc1. The van der Waals surface area contributed by atoms with Gasteiger partial charge in [0.15, 0.2) is 5.69 Å². The second kappa shape index (κ2) is 8.46. The molecule has 1 N–H and O–H groups in total. The van der Waals surface area contributed by atoms with Gasteiger partial charge in [-0.05, 0) is 36.1 Å². The smallest absolute Gasteiger partial charge is 0.315 e. The fourth-order valence-electron chi connectivity index (χ4n) is 5.33. The number of nitrogens with zero attached hydrogens (tertiary/aromatic N) is 3. The third-order valence-electron chi connectivity index (χ3n) is 7.05. The Hall–Kier alpha value is -3.48. The van der Waals surface area contributed by atoms with Crippen molar-refractivity contribution in [1.29, 1.82) is 0 Å². The van der Waals surface area contributed by atoms with Crippen molar-refractivity contribution in [1.82, 2.24) is 14.5 Å². The van der Waals surface area contributed by atoms with Crippen LogP contribution in [0.5, 0.6) is 5.75 Å². The van der Waals surface area contributed by atoms with Crippen LogP contribution in [0.25, 0.3) is 0 Å². The maximum atomic E-state index is 13.3. The summed E-state index contributed by atoms with van der Waals surface area (Å²) in [5, 5.41) is 10.5. The van der Waals surface area contributed by atoms with Crippen LogP contribution in [-0.4, -0.2) is 32.0 Å². The van der Waals surface area contributed by atoms with Gasteiger partial charge in [-0.3, -0.25) is 9.59 Å². The van der Waals surface area contributed by atoms with Gasteiger partial charge in [0.2, 0.25) is 5.75 Å². The van der Waals surface area contributed by atoms with Gasteiger partial charge in [-0.25, -0.2) is 4.39 Å². The Morgan fingerprint density at radius 2 is 1.67 bits per heavy atom. The molecule has 0 atom stereocenters. The molecule has 6 nitrogen and oxygen atoms in total. The molecule has 0 radical (unpaired) electrons. The van der Waals surface area contributed by atoms with E-state index in [-0.39, 0.29) is 23.5 Å². The number of fused-ring (bicyclic) bond motifs is 1. The first kappa shape index (κ1) is 21.4. The van der Waals surface area contributed by atoms with Crippen LogP contribution in [0.1, 0.15) is 53.1 Å². The quantitative estimate of drug-likeness (QED) is 0.646. The number of rotatable bonds is 5. The van der Waals surface area contributed by atoms with Crippen molar-refractivity contribution in [2.75, 3.05) is 6.54 Å². The van der Waals surface area contributed by atoms with Gasteiger partial charge in [0.1, 0.15) is 11.6 Å². The largest absolute Gasteiger partial charge is 0.501 e. The molecule has 5 rings (SSSR count).